The Bertz CT molecular complexity index is 398. The van der Waals surface area contributed by atoms with Crippen LogP contribution in [0.5, 0.6) is 0 Å². The summed E-state index contributed by atoms with van der Waals surface area (Å²) in [5, 5.41) is 2.58. The third kappa shape index (κ3) is 5.34. The minimum Gasteiger partial charge on any atom is -0.346 e. The van der Waals surface area contributed by atoms with Gasteiger partial charge in [0.25, 0.3) is 0 Å². The lowest BCUT2D eigenvalue weighted by atomic mass is 10.1. The highest BCUT2D eigenvalue weighted by atomic mass is 16.2. The van der Waals surface area contributed by atoms with Crippen molar-refractivity contribution in [1.82, 2.24) is 15.1 Å². The van der Waals surface area contributed by atoms with E-state index in [1.807, 2.05) is 13.8 Å². The Labute approximate surface area is 125 Å². The maximum absolute atomic E-state index is 12.1. The third-order valence-corrected chi connectivity index (χ3v) is 3.73. The zero-order valence-electron chi connectivity index (χ0n) is 13.1. The van der Waals surface area contributed by atoms with Gasteiger partial charge in [0.2, 0.25) is 17.7 Å². The van der Waals surface area contributed by atoms with Crippen molar-refractivity contribution in [1.29, 1.82) is 0 Å². The van der Waals surface area contributed by atoms with E-state index < -0.39 is 6.04 Å². The van der Waals surface area contributed by atoms with Crippen molar-refractivity contribution < 1.29 is 14.4 Å². The van der Waals surface area contributed by atoms with Crippen molar-refractivity contribution in [2.75, 3.05) is 32.7 Å². The van der Waals surface area contributed by atoms with Crippen LogP contribution in [0.2, 0.25) is 0 Å². The second-order valence-electron chi connectivity index (χ2n) is 5.73. The lowest BCUT2D eigenvalue weighted by molar-refractivity contribution is -0.133. The van der Waals surface area contributed by atoms with E-state index in [4.69, 9.17) is 5.73 Å². The molecular formula is C14H26N4O3. The normalized spacial score (nSPS) is 17.4. The molecule has 0 aromatic carbocycles. The van der Waals surface area contributed by atoms with Crippen molar-refractivity contribution in [3.63, 3.8) is 0 Å². The van der Waals surface area contributed by atoms with Crippen LogP contribution >= 0.6 is 0 Å². The monoisotopic (exact) mass is 298 g/mol. The van der Waals surface area contributed by atoms with Crippen LogP contribution in [0, 0.1) is 5.92 Å². The fraction of sp³-hybridized carbons (Fsp3) is 0.786. The molecule has 0 saturated carbocycles. The van der Waals surface area contributed by atoms with Crippen LogP contribution in [0.1, 0.15) is 27.2 Å². The first-order valence-electron chi connectivity index (χ1n) is 7.39. The van der Waals surface area contributed by atoms with E-state index in [2.05, 4.69) is 5.32 Å². The van der Waals surface area contributed by atoms with Crippen LogP contribution in [0.15, 0.2) is 0 Å². The summed E-state index contributed by atoms with van der Waals surface area (Å²) in [7, 11) is 0. The summed E-state index contributed by atoms with van der Waals surface area (Å²) in [6.07, 6.45) is 0.755. The second kappa shape index (κ2) is 7.97. The molecule has 1 saturated heterocycles. The van der Waals surface area contributed by atoms with E-state index in [1.54, 1.807) is 9.80 Å². The number of nitrogens with zero attached hydrogens (tertiary/aromatic N) is 2. The molecule has 0 aliphatic carbocycles. The molecule has 0 aromatic heterocycles. The highest BCUT2D eigenvalue weighted by Crippen LogP contribution is 2.04. The highest BCUT2D eigenvalue weighted by Gasteiger charge is 2.22. The van der Waals surface area contributed by atoms with Crippen molar-refractivity contribution >= 4 is 17.7 Å². The Morgan fingerprint density at radius 1 is 1.10 bits per heavy atom. The van der Waals surface area contributed by atoms with Gasteiger partial charge in [0.1, 0.15) is 0 Å². The van der Waals surface area contributed by atoms with Crippen molar-refractivity contribution in [3.05, 3.63) is 0 Å². The zero-order chi connectivity index (χ0) is 16.0. The maximum Gasteiger partial charge on any atom is 0.242 e. The van der Waals surface area contributed by atoms with Crippen LogP contribution in [0.25, 0.3) is 0 Å². The number of hydrogen-bond acceptors (Lipinski definition) is 4. The van der Waals surface area contributed by atoms with Crippen LogP contribution in [0.4, 0.5) is 0 Å². The van der Waals surface area contributed by atoms with Gasteiger partial charge in [0, 0.05) is 33.1 Å². The molecule has 0 unspecified atom stereocenters. The molecule has 1 rings (SSSR count). The summed E-state index contributed by atoms with van der Waals surface area (Å²) >= 11 is 0. The molecule has 1 atom stereocenters. The molecule has 1 aliphatic heterocycles. The Balaban J connectivity index is 2.42. The van der Waals surface area contributed by atoms with Gasteiger partial charge in [-0.25, -0.2) is 0 Å². The number of hydrogen-bond donors (Lipinski definition) is 2. The van der Waals surface area contributed by atoms with Crippen LogP contribution in [-0.4, -0.2) is 66.3 Å². The van der Waals surface area contributed by atoms with Gasteiger partial charge in [-0.2, -0.15) is 0 Å². The van der Waals surface area contributed by atoms with Crippen LogP contribution in [-0.2, 0) is 14.4 Å². The topological polar surface area (TPSA) is 95.7 Å². The SMILES string of the molecule is CC(=O)N1CCCN(C(=O)CNC(=O)[C@@H](N)C(C)C)CC1. The highest BCUT2D eigenvalue weighted by molar-refractivity contribution is 5.87. The average Bonchev–Trinajstić information content (AvgIpc) is 2.69. The molecular weight excluding hydrogens is 272 g/mol. The van der Waals surface area contributed by atoms with Crippen molar-refractivity contribution in [2.45, 2.75) is 33.2 Å². The second-order valence-corrected chi connectivity index (χ2v) is 5.73. The van der Waals surface area contributed by atoms with E-state index in [9.17, 15) is 14.4 Å². The predicted molar refractivity (Wildman–Crippen MR) is 79.3 cm³/mol. The number of amides is 3. The number of nitrogens with two attached hydrogens (primary N) is 1. The van der Waals surface area contributed by atoms with Gasteiger partial charge in [0.05, 0.1) is 12.6 Å². The summed E-state index contributed by atoms with van der Waals surface area (Å²) in [6, 6.07) is -0.602. The molecule has 0 spiro atoms. The molecule has 1 aliphatic rings. The largest absolute Gasteiger partial charge is 0.346 e. The lowest BCUT2D eigenvalue weighted by Gasteiger charge is -2.22. The molecule has 0 aromatic rings. The van der Waals surface area contributed by atoms with Gasteiger partial charge >= 0.3 is 0 Å². The zero-order valence-corrected chi connectivity index (χ0v) is 13.1. The van der Waals surface area contributed by atoms with Gasteiger partial charge in [-0.15, -0.1) is 0 Å². The molecule has 3 N–H and O–H groups in total. The molecule has 3 amide bonds. The Morgan fingerprint density at radius 3 is 2.24 bits per heavy atom. The molecule has 7 heteroatoms. The maximum atomic E-state index is 12.1. The number of rotatable bonds is 4. The molecule has 1 heterocycles. The van der Waals surface area contributed by atoms with Gasteiger partial charge in [-0.1, -0.05) is 13.8 Å². The van der Waals surface area contributed by atoms with E-state index in [-0.39, 0.29) is 30.2 Å². The van der Waals surface area contributed by atoms with E-state index in [0.29, 0.717) is 26.2 Å². The smallest absolute Gasteiger partial charge is 0.242 e. The van der Waals surface area contributed by atoms with Gasteiger partial charge in [-0.05, 0) is 12.3 Å². The van der Waals surface area contributed by atoms with E-state index in [1.165, 1.54) is 6.92 Å². The summed E-state index contributed by atoms with van der Waals surface area (Å²) in [4.78, 5) is 38.6. The van der Waals surface area contributed by atoms with Crippen LogP contribution in [0.3, 0.4) is 0 Å². The molecule has 0 radical (unpaired) electrons. The van der Waals surface area contributed by atoms with Crippen molar-refractivity contribution in [3.8, 4) is 0 Å². The first-order valence-corrected chi connectivity index (χ1v) is 7.39. The molecule has 0 bridgehead atoms. The van der Waals surface area contributed by atoms with Crippen LogP contribution < -0.4 is 11.1 Å². The van der Waals surface area contributed by atoms with Gasteiger partial charge < -0.3 is 20.9 Å². The standard InChI is InChI=1S/C14H26N4O3/c1-10(2)13(15)14(21)16-9-12(20)18-6-4-5-17(7-8-18)11(3)19/h10,13H,4-9,15H2,1-3H3,(H,16,21)/t13-/m0/s1. The third-order valence-electron chi connectivity index (χ3n) is 3.73. The summed E-state index contributed by atoms with van der Waals surface area (Å²) in [5.74, 6) is -0.383. The van der Waals surface area contributed by atoms with Gasteiger partial charge in [0.15, 0.2) is 0 Å². The number of carbonyl (C=O) groups is 3. The first-order chi connectivity index (χ1) is 9.82. The lowest BCUT2D eigenvalue weighted by Crippen LogP contribution is -2.48. The quantitative estimate of drug-likeness (QED) is 0.708. The summed E-state index contributed by atoms with van der Waals surface area (Å²) < 4.78 is 0. The molecule has 21 heavy (non-hydrogen) atoms. The average molecular weight is 298 g/mol. The molecule has 7 nitrogen and oxygen atoms in total. The minimum absolute atomic E-state index is 0.0282. The fourth-order valence-corrected chi connectivity index (χ4v) is 2.18. The minimum atomic E-state index is -0.602. The Kier molecular flexibility index (Phi) is 6.61. The number of carbonyl (C=O) groups excluding carboxylic acids is 3. The number of nitrogens with one attached hydrogen (secondary N) is 1. The first kappa shape index (κ1) is 17.4. The Morgan fingerprint density at radius 2 is 1.67 bits per heavy atom. The summed E-state index contributed by atoms with van der Waals surface area (Å²) in [6.45, 7) is 7.53. The van der Waals surface area contributed by atoms with E-state index in [0.717, 1.165) is 6.42 Å². The molecule has 1 fully saturated rings. The van der Waals surface area contributed by atoms with E-state index >= 15 is 0 Å². The Hall–Kier alpha value is -1.63. The van der Waals surface area contributed by atoms with Gasteiger partial charge in [-0.3, -0.25) is 14.4 Å². The predicted octanol–water partition coefficient (Wildman–Crippen LogP) is -0.833. The fourth-order valence-electron chi connectivity index (χ4n) is 2.18. The van der Waals surface area contributed by atoms with Crippen molar-refractivity contribution in [2.24, 2.45) is 11.7 Å². The molecule has 120 valence electrons. The summed E-state index contributed by atoms with van der Waals surface area (Å²) in [5.41, 5.74) is 5.72.